The van der Waals surface area contributed by atoms with Crippen LogP contribution in [0.15, 0.2) is 24.3 Å². The van der Waals surface area contributed by atoms with Crippen LogP contribution in [0, 0.1) is 5.92 Å². The minimum Gasteiger partial charge on any atom is -0.387 e. The van der Waals surface area contributed by atoms with Crippen molar-refractivity contribution in [3.8, 4) is 0 Å². The molecule has 106 valence electrons. The predicted octanol–water partition coefficient (Wildman–Crippen LogP) is 0.953. The SMILES string of the molecule is O=C1Nc2ccccc2[C@@H]1C1CCN(C(=O)CO)CC1. The van der Waals surface area contributed by atoms with Gasteiger partial charge < -0.3 is 15.3 Å². The molecule has 1 atom stereocenters. The van der Waals surface area contributed by atoms with Crippen LogP contribution in [-0.2, 0) is 9.59 Å². The Kier molecular flexibility index (Phi) is 3.44. The fraction of sp³-hybridized carbons (Fsp3) is 0.467. The first kappa shape index (κ1) is 13.1. The second-order valence-corrected chi connectivity index (χ2v) is 5.43. The molecule has 2 amide bonds. The Hall–Kier alpha value is -1.88. The van der Waals surface area contributed by atoms with Crippen molar-refractivity contribution in [3.05, 3.63) is 29.8 Å². The molecule has 1 aromatic carbocycles. The predicted molar refractivity (Wildman–Crippen MR) is 74.2 cm³/mol. The number of nitrogens with zero attached hydrogens (tertiary/aromatic N) is 1. The second kappa shape index (κ2) is 5.25. The van der Waals surface area contributed by atoms with Crippen molar-refractivity contribution in [1.82, 2.24) is 4.90 Å². The molecule has 1 aromatic rings. The van der Waals surface area contributed by atoms with Gasteiger partial charge in [-0.15, -0.1) is 0 Å². The topological polar surface area (TPSA) is 69.6 Å². The smallest absolute Gasteiger partial charge is 0.248 e. The van der Waals surface area contributed by atoms with Crippen molar-refractivity contribution < 1.29 is 14.7 Å². The molecule has 0 aromatic heterocycles. The number of piperidine rings is 1. The summed E-state index contributed by atoms with van der Waals surface area (Å²) < 4.78 is 0. The zero-order valence-electron chi connectivity index (χ0n) is 11.2. The van der Waals surface area contributed by atoms with Gasteiger partial charge in [-0.05, 0) is 30.4 Å². The average molecular weight is 274 g/mol. The zero-order valence-corrected chi connectivity index (χ0v) is 11.2. The Morgan fingerprint density at radius 2 is 2.00 bits per heavy atom. The Balaban J connectivity index is 1.73. The van der Waals surface area contributed by atoms with E-state index in [1.54, 1.807) is 4.90 Å². The summed E-state index contributed by atoms with van der Waals surface area (Å²) in [5.41, 5.74) is 1.99. The third-order valence-electron chi connectivity index (χ3n) is 4.34. The Morgan fingerprint density at radius 1 is 1.30 bits per heavy atom. The highest BCUT2D eigenvalue weighted by Crippen LogP contribution is 2.41. The van der Waals surface area contributed by atoms with E-state index in [0.29, 0.717) is 13.1 Å². The summed E-state index contributed by atoms with van der Waals surface area (Å²) in [6.45, 7) is 0.809. The Morgan fingerprint density at radius 3 is 2.70 bits per heavy atom. The molecule has 3 rings (SSSR count). The van der Waals surface area contributed by atoms with Crippen LogP contribution in [0.4, 0.5) is 5.69 Å². The van der Waals surface area contributed by atoms with Gasteiger partial charge in [0.15, 0.2) is 0 Å². The first-order valence-corrected chi connectivity index (χ1v) is 6.99. The molecule has 0 unspecified atom stereocenters. The van der Waals surface area contributed by atoms with Crippen molar-refractivity contribution in [2.75, 3.05) is 25.0 Å². The van der Waals surface area contributed by atoms with Gasteiger partial charge in [0.05, 0.1) is 5.92 Å². The summed E-state index contributed by atoms with van der Waals surface area (Å²) in [6, 6.07) is 7.81. The lowest BCUT2D eigenvalue weighted by molar-refractivity contribution is -0.135. The lowest BCUT2D eigenvalue weighted by Gasteiger charge is -2.33. The van der Waals surface area contributed by atoms with E-state index in [1.807, 2.05) is 24.3 Å². The molecular formula is C15H18N2O3. The monoisotopic (exact) mass is 274 g/mol. The summed E-state index contributed by atoms with van der Waals surface area (Å²) in [5, 5.41) is 11.8. The van der Waals surface area contributed by atoms with Crippen LogP contribution < -0.4 is 5.32 Å². The summed E-state index contributed by atoms with van der Waals surface area (Å²) in [4.78, 5) is 25.3. The lowest BCUT2D eigenvalue weighted by atomic mass is 9.81. The standard InChI is InChI=1S/C15H18N2O3/c18-9-13(19)17-7-5-10(6-8-17)14-11-3-1-2-4-12(11)16-15(14)20/h1-4,10,14,18H,5-9H2,(H,16,20)/t14-/m0/s1. The van der Waals surface area contributed by atoms with Crippen molar-refractivity contribution in [3.63, 3.8) is 0 Å². The number of nitrogens with one attached hydrogen (secondary N) is 1. The molecule has 2 N–H and O–H groups in total. The number of hydrogen-bond donors (Lipinski definition) is 2. The number of para-hydroxylation sites is 1. The van der Waals surface area contributed by atoms with Crippen LogP contribution in [0.5, 0.6) is 0 Å². The average Bonchev–Trinajstić information content (AvgIpc) is 2.82. The van der Waals surface area contributed by atoms with Gasteiger partial charge in [0.1, 0.15) is 6.61 Å². The van der Waals surface area contributed by atoms with Gasteiger partial charge >= 0.3 is 0 Å². The summed E-state index contributed by atoms with van der Waals surface area (Å²) in [6.07, 6.45) is 1.61. The highest BCUT2D eigenvalue weighted by Gasteiger charge is 2.38. The van der Waals surface area contributed by atoms with Gasteiger partial charge in [-0.25, -0.2) is 0 Å². The van der Waals surface area contributed by atoms with E-state index >= 15 is 0 Å². The molecule has 0 spiro atoms. The minimum absolute atomic E-state index is 0.0677. The van der Waals surface area contributed by atoms with Gasteiger partial charge in [-0.3, -0.25) is 9.59 Å². The van der Waals surface area contributed by atoms with Crippen molar-refractivity contribution >= 4 is 17.5 Å². The van der Waals surface area contributed by atoms with Gasteiger partial charge in [0.2, 0.25) is 11.8 Å². The van der Waals surface area contributed by atoms with Crippen LogP contribution in [0.3, 0.4) is 0 Å². The molecular weight excluding hydrogens is 256 g/mol. The van der Waals surface area contributed by atoms with Crippen LogP contribution >= 0.6 is 0 Å². The molecule has 1 fully saturated rings. The number of carbonyl (C=O) groups excluding carboxylic acids is 2. The third kappa shape index (κ3) is 2.18. The molecule has 0 bridgehead atoms. The molecule has 5 nitrogen and oxygen atoms in total. The number of aliphatic hydroxyl groups is 1. The molecule has 2 aliphatic heterocycles. The normalized spacial score (nSPS) is 22.6. The van der Waals surface area contributed by atoms with Crippen molar-refractivity contribution in [2.24, 2.45) is 5.92 Å². The first-order valence-electron chi connectivity index (χ1n) is 6.99. The summed E-state index contributed by atoms with van der Waals surface area (Å²) in [7, 11) is 0. The van der Waals surface area contributed by atoms with Gasteiger partial charge in [-0.1, -0.05) is 18.2 Å². The van der Waals surface area contributed by atoms with E-state index in [-0.39, 0.29) is 23.7 Å². The lowest BCUT2D eigenvalue weighted by Crippen LogP contribution is -2.41. The number of amides is 2. The van der Waals surface area contributed by atoms with E-state index in [9.17, 15) is 9.59 Å². The van der Waals surface area contributed by atoms with Gasteiger partial charge in [0, 0.05) is 18.8 Å². The molecule has 5 heteroatoms. The van der Waals surface area contributed by atoms with Gasteiger partial charge in [0.25, 0.3) is 0 Å². The van der Waals surface area contributed by atoms with E-state index < -0.39 is 6.61 Å². The number of aliphatic hydroxyl groups excluding tert-OH is 1. The molecule has 2 heterocycles. The number of anilines is 1. The number of benzene rings is 1. The maximum atomic E-state index is 12.2. The maximum Gasteiger partial charge on any atom is 0.248 e. The molecule has 0 radical (unpaired) electrons. The number of fused-ring (bicyclic) bond motifs is 1. The highest BCUT2D eigenvalue weighted by atomic mass is 16.3. The van der Waals surface area contributed by atoms with Crippen LogP contribution in [0.25, 0.3) is 0 Å². The van der Waals surface area contributed by atoms with E-state index in [2.05, 4.69) is 5.32 Å². The summed E-state index contributed by atoms with van der Waals surface area (Å²) >= 11 is 0. The zero-order chi connectivity index (χ0) is 14.1. The molecule has 2 aliphatic rings. The molecule has 0 aliphatic carbocycles. The first-order chi connectivity index (χ1) is 9.70. The molecule has 1 saturated heterocycles. The molecule has 20 heavy (non-hydrogen) atoms. The number of likely N-dealkylation sites (tertiary alicyclic amines) is 1. The Bertz CT molecular complexity index is 536. The number of rotatable bonds is 2. The highest BCUT2D eigenvalue weighted by molar-refractivity contribution is 6.03. The Labute approximate surface area is 117 Å². The molecule has 0 saturated carbocycles. The largest absolute Gasteiger partial charge is 0.387 e. The quantitative estimate of drug-likeness (QED) is 0.843. The van der Waals surface area contributed by atoms with Crippen molar-refractivity contribution in [1.29, 1.82) is 0 Å². The second-order valence-electron chi connectivity index (χ2n) is 5.43. The van der Waals surface area contributed by atoms with Gasteiger partial charge in [-0.2, -0.15) is 0 Å². The summed E-state index contributed by atoms with van der Waals surface area (Å²) in [5.74, 6) is 0.0110. The van der Waals surface area contributed by atoms with Crippen LogP contribution in [0.1, 0.15) is 24.3 Å². The van der Waals surface area contributed by atoms with Crippen LogP contribution in [-0.4, -0.2) is 41.5 Å². The van der Waals surface area contributed by atoms with Crippen molar-refractivity contribution in [2.45, 2.75) is 18.8 Å². The fourth-order valence-electron chi connectivity index (χ4n) is 3.28. The van der Waals surface area contributed by atoms with E-state index in [4.69, 9.17) is 5.11 Å². The van der Waals surface area contributed by atoms with Crippen LogP contribution in [0.2, 0.25) is 0 Å². The third-order valence-corrected chi connectivity index (χ3v) is 4.34. The fourth-order valence-corrected chi connectivity index (χ4v) is 3.28. The maximum absolute atomic E-state index is 12.2. The van der Waals surface area contributed by atoms with E-state index in [1.165, 1.54) is 0 Å². The minimum atomic E-state index is -0.433. The number of hydrogen-bond acceptors (Lipinski definition) is 3. The number of carbonyl (C=O) groups is 2. The van der Waals surface area contributed by atoms with E-state index in [0.717, 1.165) is 24.1 Å².